The highest BCUT2D eigenvalue weighted by Gasteiger charge is 2.21. The number of aryl methyl sites for hydroxylation is 1. The summed E-state index contributed by atoms with van der Waals surface area (Å²) in [6, 6.07) is 9.71. The third-order valence-electron chi connectivity index (χ3n) is 4.47. The van der Waals surface area contributed by atoms with Gasteiger partial charge in [0.2, 0.25) is 5.91 Å². The molecule has 1 unspecified atom stereocenters. The van der Waals surface area contributed by atoms with Crippen molar-refractivity contribution >= 4 is 29.0 Å². The molecule has 2 aromatic rings. The highest BCUT2D eigenvalue weighted by atomic mass is 32.2. The van der Waals surface area contributed by atoms with Gasteiger partial charge in [0.15, 0.2) is 4.34 Å². The summed E-state index contributed by atoms with van der Waals surface area (Å²) in [4.78, 5) is 19.8. The van der Waals surface area contributed by atoms with Crippen molar-refractivity contribution in [3.05, 3.63) is 46.5 Å². The highest BCUT2D eigenvalue weighted by molar-refractivity contribution is 8.01. The minimum Gasteiger partial charge on any atom is -0.379 e. The summed E-state index contributed by atoms with van der Waals surface area (Å²) < 4.78 is 30.8. The van der Waals surface area contributed by atoms with Gasteiger partial charge in [-0.15, -0.1) is 11.3 Å². The van der Waals surface area contributed by atoms with Crippen molar-refractivity contribution in [3.8, 4) is 0 Å². The van der Waals surface area contributed by atoms with E-state index >= 15 is 0 Å². The lowest BCUT2D eigenvalue weighted by molar-refractivity contribution is -0.121. The van der Waals surface area contributed by atoms with Crippen LogP contribution in [0.5, 0.6) is 0 Å². The molecule has 1 N–H and O–H groups in total. The van der Waals surface area contributed by atoms with Gasteiger partial charge in [-0.05, 0) is 24.2 Å². The van der Waals surface area contributed by atoms with Crippen LogP contribution in [0, 0.1) is 6.92 Å². The molecule has 1 fully saturated rings. The molecule has 1 aliphatic heterocycles. The summed E-state index contributed by atoms with van der Waals surface area (Å²) in [5, 5.41) is 3.11. The molecule has 152 valence electrons. The number of carbonyl (C=O) groups is 1. The van der Waals surface area contributed by atoms with Crippen LogP contribution in [0.25, 0.3) is 0 Å². The molecule has 2 heterocycles. The third-order valence-corrected chi connectivity index (χ3v) is 6.43. The Morgan fingerprint density at radius 1 is 1.32 bits per heavy atom. The Labute approximate surface area is 171 Å². The normalized spacial score (nSPS) is 16.3. The van der Waals surface area contributed by atoms with Gasteiger partial charge in [0, 0.05) is 24.5 Å². The Morgan fingerprint density at radius 3 is 2.71 bits per heavy atom. The number of nitrogens with one attached hydrogen (secondary N) is 1. The number of hydrogen-bond acceptors (Lipinski definition) is 6. The van der Waals surface area contributed by atoms with Crippen LogP contribution in [0.4, 0.5) is 8.78 Å². The number of nitrogens with zero attached hydrogens (tertiary/aromatic N) is 2. The van der Waals surface area contributed by atoms with Gasteiger partial charge in [-0.3, -0.25) is 9.69 Å². The van der Waals surface area contributed by atoms with Gasteiger partial charge in [-0.1, -0.05) is 30.3 Å². The van der Waals surface area contributed by atoms with Gasteiger partial charge in [0.05, 0.1) is 31.4 Å². The molecule has 0 spiro atoms. The van der Waals surface area contributed by atoms with E-state index in [4.69, 9.17) is 4.74 Å². The molecular formula is C19H23F2N3O2S2. The second-order valence-electron chi connectivity index (χ2n) is 6.49. The van der Waals surface area contributed by atoms with Gasteiger partial charge < -0.3 is 10.1 Å². The summed E-state index contributed by atoms with van der Waals surface area (Å²) in [7, 11) is 0. The maximum Gasteiger partial charge on any atom is 0.291 e. The van der Waals surface area contributed by atoms with Gasteiger partial charge >= 0.3 is 0 Å². The fourth-order valence-corrected chi connectivity index (χ4v) is 4.89. The largest absolute Gasteiger partial charge is 0.379 e. The number of ether oxygens (including phenoxy) is 1. The number of alkyl halides is 2. The second kappa shape index (κ2) is 10.3. The maximum absolute atomic E-state index is 12.7. The Balaban J connectivity index is 1.66. The van der Waals surface area contributed by atoms with Crippen molar-refractivity contribution in [2.45, 2.75) is 29.5 Å². The van der Waals surface area contributed by atoms with Crippen LogP contribution in [0.15, 0.2) is 34.7 Å². The first kappa shape index (κ1) is 21.2. The third kappa shape index (κ3) is 6.23. The number of benzene rings is 1. The zero-order chi connectivity index (χ0) is 19.9. The van der Waals surface area contributed by atoms with E-state index in [2.05, 4.69) is 15.2 Å². The fraction of sp³-hybridized carbons (Fsp3) is 0.474. The monoisotopic (exact) mass is 427 g/mol. The molecule has 28 heavy (non-hydrogen) atoms. The molecule has 3 rings (SSSR count). The molecule has 1 amide bonds. The van der Waals surface area contributed by atoms with E-state index in [1.54, 1.807) is 6.92 Å². The molecule has 1 aromatic carbocycles. The van der Waals surface area contributed by atoms with Gasteiger partial charge in [0.25, 0.3) is 5.76 Å². The summed E-state index contributed by atoms with van der Waals surface area (Å²) in [5.74, 6) is -2.65. The molecule has 5 nitrogen and oxygen atoms in total. The van der Waals surface area contributed by atoms with Crippen LogP contribution in [0.3, 0.4) is 0 Å². The number of morpholine rings is 1. The maximum atomic E-state index is 12.7. The zero-order valence-electron chi connectivity index (χ0n) is 15.6. The molecule has 0 bridgehead atoms. The predicted molar refractivity (Wildman–Crippen MR) is 107 cm³/mol. The number of hydrogen-bond donors (Lipinski definition) is 1. The van der Waals surface area contributed by atoms with Crippen LogP contribution in [0.2, 0.25) is 0 Å². The van der Waals surface area contributed by atoms with Crippen LogP contribution in [-0.4, -0.2) is 54.4 Å². The average molecular weight is 428 g/mol. The molecule has 0 saturated carbocycles. The van der Waals surface area contributed by atoms with Gasteiger partial charge in [-0.2, -0.15) is 8.78 Å². The number of aromatic nitrogens is 1. The Kier molecular flexibility index (Phi) is 7.78. The fourth-order valence-electron chi connectivity index (χ4n) is 3.04. The zero-order valence-corrected chi connectivity index (χ0v) is 17.2. The molecule has 1 aliphatic rings. The van der Waals surface area contributed by atoms with Crippen LogP contribution < -0.4 is 5.32 Å². The van der Waals surface area contributed by atoms with E-state index in [1.807, 2.05) is 30.3 Å². The highest BCUT2D eigenvalue weighted by Crippen LogP contribution is 2.31. The Hall–Kier alpha value is -1.55. The minimum absolute atomic E-state index is 0.137. The number of halogens is 2. The molecule has 1 aromatic heterocycles. The van der Waals surface area contributed by atoms with E-state index in [9.17, 15) is 13.6 Å². The molecule has 0 radical (unpaired) electrons. The molecule has 1 saturated heterocycles. The van der Waals surface area contributed by atoms with Crippen molar-refractivity contribution in [3.63, 3.8) is 0 Å². The SMILES string of the molecule is Cc1nc(SC(F)F)sc1CC(=O)NC(CN1CCOCC1)c1ccccc1. The standard InChI is InChI=1S/C19H23F2N3O2S2/c1-13-16(27-19(22-13)28-18(20)21)11-17(25)23-15(14-5-3-2-4-6-14)12-24-7-9-26-10-8-24/h2-6,15,18H,7-12H2,1H3,(H,23,25). The first-order chi connectivity index (χ1) is 13.5. The van der Waals surface area contributed by atoms with Crippen molar-refractivity contribution in [2.24, 2.45) is 0 Å². The lowest BCUT2D eigenvalue weighted by atomic mass is 10.1. The first-order valence-corrected chi connectivity index (χ1v) is 10.8. The van der Waals surface area contributed by atoms with Crippen LogP contribution in [0.1, 0.15) is 22.2 Å². The van der Waals surface area contributed by atoms with Crippen LogP contribution >= 0.6 is 23.1 Å². The van der Waals surface area contributed by atoms with Crippen LogP contribution in [-0.2, 0) is 16.0 Å². The predicted octanol–water partition coefficient (Wildman–Crippen LogP) is 3.50. The van der Waals surface area contributed by atoms with E-state index in [0.29, 0.717) is 41.6 Å². The second-order valence-corrected chi connectivity index (χ2v) is 8.81. The van der Waals surface area contributed by atoms with Crippen molar-refractivity contribution in [2.75, 3.05) is 32.8 Å². The number of carbonyl (C=O) groups excluding carboxylic acids is 1. The van der Waals surface area contributed by atoms with E-state index < -0.39 is 5.76 Å². The molecule has 1 atom stereocenters. The number of thioether (sulfide) groups is 1. The van der Waals surface area contributed by atoms with E-state index in [0.717, 1.165) is 34.9 Å². The number of amides is 1. The van der Waals surface area contributed by atoms with Gasteiger partial charge in [0.1, 0.15) is 0 Å². The summed E-state index contributed by atoms with van der Waals surface area (Å²) in [5.41, 5.74) is 1.67. The minimum atomic E-state index is -2.51. The smallest absolute Gasteiger partial charge is 0.291 e. The number of thiazole rings is 1. The van der Waals surface area contributed by atoms with Crippen molar-refractivity contribution in [1.82, 2.24) is 15.2 Å². The molecule has 0 aliphatic carbocycles. The topological polar surface area (TPSA) is 54.5 Å². The summed E-state index contributed by atoms with van der Waals surface area (Å²) >= 11 is 1.58. The lowest BCUT2D eigenvalue weighted by Gasteiger charge is -2.31. The molecule has 9 heteroatoms. The van der Waals surface area contributed by atoms with E-state index in [-0.39, 0.29) is 18.4 Å². The molecular weight excluding hydrogens is 404 g/mol. The summed E-state index contributed by atoms with van der Waals surface area (Å²) in [6.45, 7) is 5.51. The Bertz CT molecular complexity index is 768. The van der Waals surface area contributed by atoms with E-state index in [1.165, 1.54) is 0 Å². The summed E-state index contributed by atoms with van der Waals surface area (Å²) in [6.07, 6.45) is 0.139. The Morgan fingerprint density at radius 2 is 2.04 bits per heavy atom. The quantitative estimate of drug-likeness (QED) is 0.654. The van der Waals surface area contributed by atoms with Crippen molar-refractivity contribution in [1.29, 1.82) is 0 Å². The lowest BCUT2D eigenvalue weighted by Crippen LogP contribution is -2.43. The first-order valence-electron chi connectivity index (χ1n) is 9.07. The van der Waals surface area contributed by atoms with Crippen molar-refractivity contribution < 1.29 is 18.3 Å². The van der Waals surface area contributed by atoms with Gasteiger partial charge in [-0.25, -0.2) is 4.98 Å². The average Bonchev–Trinajstić information content (AvgIpc) is 3.00. The number of rotatable bonds is 8.